The van der Waals surface area contributed by atoms with E-state index < -0.39 is 0 Å². The van der Waals surface area contributed by atoms with Crippen LogP contribution in [0.25, 0.3) is 0 Å². The number of anilines is 1. The van der Waals surface area contributed by atoms with E-state index in [9.17, 15) is 0 Å². The molecule has 2 aliphatic carbocycles. The van der Waals surface area contributed by atoms with Crippen LogP contribution in [0.2, 0.25) is 0 Å². The van der Waals surface area contributed by atoms with E-state index in [1.165, 1.54) is 93.9 Å². The molecule has 2 aliphatic rings. The van der Waals surface area contributed by atoms with Crippen LogP contribution >= 0.6 is 0 Å². The Bertz CT molecular complexity index is 635. The van der Waals surface area contributed by atoms with E-state index >= 15 is 0 Å². The second-order valence-electron chi connectivity index (χ2n) is 10.5. The molecule has 33 heavy (non-hydrogen) atoms. The lowest BCUT2D eigenvalue weighted by atomic mass is 9.95. The first kappa shape index (κ1) is 26.5. The molecule has 2 fully saturated rings. The van der Waals surface area contributed by atoms with Crippen LogP contribution in [0, 0.1) is 0 Å². The van der Waals surface area contributed by atoms with Crippen molar-refractivity contribution in [1.29, 1.82) is 0 Å². The van der Waals surface area contributed by atoms with Crippen LogP contribution in [-0.4, -0.2) is 52.4 Å². The maximum absolute atomic E-state index is 3.75. The quantitative estimate of drug-likeness (QED) is 0.291. The van der Waals surface area contributed by atoms with Crippen LogP contribution in [0.1, 0.15) is 88.2 Å². The van der Waals surface area contributed by atoms with E-state index in [1.807, 2.05) is 0 Å². The predicted molar refractivity (Wildman–Crippen MR) is 143 cm³/mol. The Balaban J connectivity index is 1.29. The van der Waals surface area contributed by atoms with Crippen molar-refractivity contribution < 1.29 is 0 Å². The third-order valence-electron chi connectivity index (χ3n) is 7.41. The summed E-state index contributed by atoms with van der Waals surface area (Å²) in [5.74, 6) is 0. The van der Waals surface area contributed by atoms with Gasteiger partial charge >= 0.3 is 0 Å². The zero-order valence-electron chi connectivity index (χ0n) is 21.6. The van der Waals surface area contributed by atoms with Gasteiger partial charge in [-0.05, 0) is 81.9 Å². The maximum atomic E-state index is 3.75. The van der Waals surface area contributed by atoms with Gasteiger partial charge in [-0.3, -0.25) is 0 Å². The van der Waals surface area contributed by atoms with Gasteiger partial charge in [0, 0.05) is 45.0 Å². The topological polar surface area (TPSA) is 51.4 Å². The van der Waals surface area contributed by atoms with E-state index in [0.29, 0.717) is 0 Å². The highest BCUT2D eigenvalue weighted by Crippen LogP contribution is 2.21. The van der Waals surface area contributed by atoms with E-state index in [2.05, 4.69) is 58.5 Å². The molecule has 3 rings (SSSR count). The van der Waals surface area contributed by atoms with E-state index in [0.717, 1.165) is 51.4 Å². The van der Waals surface area contributed by atoms with Crippen LogP contribution in [0.3, 0.4) is 0 Å². The molecule has 188 valence electrons. The van der Waals surface area contributed by atoms with Crippen molar-refractivity contribution in [2.24, 2.45) is 0 Å². The molecule has 1 aromatic rings. The zero-order chi connectivity index (χ0) is 23.1. The highest BCUT2D eigenvalue weighted by molar-refractivity contribution is 5.54. The van der Waals surface area contributed by atoms with Crippen molar-refractivity contribution in [3.63, 3.8) is 0 Å². The lowest BCUT2D eigenvalue weighted by molar-refractivity contribution is 0.371. The van der Waals surface area contributed by atoms with Gasteiger partial charge in [0.2, 0.25) is 0 Å². The van der Waals surface area contributed by atoms with Crippen LogP contribution in [0.15, 0.2) is 18.2 Å². The minimum atomic E-state index is 0.772. The highest BCUT2D eigenvalue weighted by atomic mass is 15.1. The molecule has 2 saturated carbocycles. The van der Waals surface area contributed by atoms with E-state index in [4.69, 9.17) is 0 Å². The summed E-state index contributed by atoms with van der Waals surface area (Å²) < 4.78 is 0. The number of nitrogens with zero attached hydrogens (tertiary/aromatic N) is 1. The van der Waals surface area contributed by atoms with Crippen molar-refractivity contribution in [3.8, 4) is 0 Å². The molecular weight excluding hydrogens is 406 g/mol. The lowest BCUT2D eigenvalue weighted by Gasteiger charge is -2.23. The first-order chi connectivity index (χ1) is 16.2. The molecule has 4 N–H and O–H groups in total. The maximum Gasteiger partial charge on any atom is 0.0409 e. The minimum Gasteiger partial charge on any atom is -0.377 e. The first-order valence-corrected chi connectivity index (χ1v) is 13.9. The van der Waals surface area contributed by atoms with Crippen molar-refractivity contribution >= 4 is 5.69 Å². The second-order valence-corrected chi connectivity index (χ2v) is 10.5. The number of hydrogen-bond acceptors (Lipinski definition) is 5. The molecule has 0 saturated heterocycles. The fraction of sp³-hybridized carbons (Fsp3) is 0.786. The summed E-state index contributed by atoms with van der Waals surface area (Å²) in [5.41, 5.74) is 4.10. The number of rotatable bonds is 15. The molecule has 0 radical (unpaired) electrons. The van der Waals surface area contributed by atoms with Gasteiger partial charge in [0.05, 0.1) is 0 Å². The Morgan fingerprint density at radius 2 is 1.24 bits per heavy atom. The lowest BCUT2D eigenvalue weighted by Crippen LogP contribution is -2.33. The van der Waals surface area contributed by atoms with Crippen LogP contribution in [0.5, 0.6) is 0 Å². The summed E-state index contributed by atoms with van der Waals surface area (Å²) in [7, 11) is 4.31. The van der Waals surface area contributed by atoms with Gasteiger partial charge in [0.15, 0.2) is 0 Å². The zero-order valence-corrected chi connectivity index (χ0v) is 21.6. The summed E-state index contributed by atoms with van der Waals surface area (Å²) in [5, 5.41) is 14.8. The van der Waals surface area contributed by atoms with Crippen molar-refractivity contribution in [2.75, 3.05) is 45.2 Å². The van der Waals surface area contributed by atoms with E-state index in [-0.39, 0.29) is 0 Å². The van der Waals surface area contributed by atoms with Crippen LogP contribution < -0.4 is 26.2 Å². The number of nitrogens with one attached hydrogen (secondary N) is 4. The van der Waals surface area contributed by atoms with Crippen LogP contribution in [-0.2, 0) is 13.1 Å². The average Bonchev–Trinajstić information content (AvgIpc) is 2.85. The first-order valence-electron chi connectivity index (χ1n) is 13.9. The van der Waals surface area contributed by atoms with Crippen molar-refractivity contribution in [1.82, 2.24) is 21.3 Å². The van der Waals surface area contributed by atoms with Crippen LogP contribution in [0.4, 0.5) is 5.69 Å². The Morgan fingerprint density at radius 3 is 1.79 bits per heavy atom. The largest absolute Gasteiger partial charge is 0.377 e. The summed E-state index contributed by atoms with van der Waals surface area (Å²) in [6.45, 7) is 6.32. The molecule has 0 atom stereocenters. The molecule has 1 aromatic carbocycles. The fourth-order valence-corrected chi connectivity index (χ4v) is 5.39. The third-order valence-corrected chi connectivity index (χ3v) is 7.41. The molecule has 0 bridgehead atoms. The third kappa shape index (κ3) is 10.3. The van der Waals surface area contributed by atoms with Crippen molar-refractivity contribution in [3.05, 3.63) is 29.3 Å². The van der Waals surface area contributed by atoms with Gasteiger partial charge in [0.25, 0.3) is 0 Å². The predicted octanol–water partition coefficient (Wildman–Crippen LogP) is 4.56. The van der Waals surface area contributed by atoms with Gasteiger partial charge in [-0.2, -0.15) is 0 Å². The molecule has 0 aromatic heterocycles. The van der Waals surface area contributed by atoms with Gasteiger partial charge in [-0.15, -0.1) is 0 Å². The molecule has 0 aliphatic heterocycles. The fourth-order valence-electron chi connectivity index (χ4n) is 5.39. The standard InChI is InChI=1S/C28H51N5/c1-33(2)28-21-24(22-29-17-9-19-31-26-11-5-3-6-12-26)15-16-25(28)23-30-18-10-20-32-27-13-7-4-8-14-27/h15-16,21,26-27,29-32H,3-14,17-20,22-23H2,1-2H3. The Hall–Kier alpha value is -1.14. The molecule has 5 heteroatoms. The molecule has 0 amide bonds. The summed E-state index contributed by atoms with van der Waals surface area (Å²) in [6, 6.07) is 8.50. The smallest absolute Gasteiger partial charge is 0.0409 e. The summed E-state index contributed by atoms with van der Waals surface area (Å²) >= 11 is 0. The Kier molecular flexibility index (Phi) is 12.6. The normalized spacial score (nSPS) is 18.0. The Labute approximate surface area is 203 Å². The molecule has 0 heterocycles. The van der Waals surface area contributed by atoms with Gasteiger partial charge in [-0.25, -0.2) is 0 Å². The average molecular weight is 458 g/mol. The molecule has 0 spiro atoms. The second kappa shape index (κ2) is 15.7. The van der Waals surface area contributed by atoms with E-state index in [1.54, 1.807) is 0 Å². The molecule has 0 unspecified atom stereocenters. The number of hydrogen-bond donors (Lipinski definition) is 4. The molecular formula is C28H51N5. The number of benzene rings is 1. The highest BCUT2D eigenvalue weighted by Gasteiger charge is 2.13. The SMILES string of the molecule is CN(C)c1cc(CNCCCNC2CCCCC2)ccc1CNCCCNC1CCCCC1. The Morgan fingerprint density at radius 1 is 0.697 bits per heavy atom. The van der Waals surface area contributed by atoms with Gasteiger partial charge in [-0.1, -0.05) is 50.7 Å². The minimum absolute atomic E-state index is 0.772. The summed E-state index contributed by atoms with van der Waals surface area (Å²) in [6.07, 6.45) is 16.4. The van der Waals surface area contributed by atoms with Gasteiger partial charge < -0.3 is 26.2 Å². The van der Waals surface area contributed by atoms with Crippen molar-refractivity contribution in [2.45, 2.75) is 102 Å². The van der Waals surface area contributed by atoms with Gasteiger partial charge in [0.1, 0.15) is 0 Å². The molecule has 5 nitrogen and oxygen atoms in total. The monoisotopic (exact) mass is 457 g/mol. The summed E-state index contributed by atoms with van der Waals surface area (Å²) in [4.78, 5) is 2.25.